The molecule has 0 radical (unpaired) electrons. The summed E-state index contributed by atoms with van der Waals surface area (Å²) in [5.74, 6) is -0.160. The third-order valence-electron chi connectivity index (χ3n) is 10.0. The highest BCUT2D eigenvalue weighted by molar-refractivity contribution is 7.22. The Morgan fingerprint density at radius 1 is 0.976 bits per heavy atom. The van der Waals surface area contributed by atoms with Crippen LogP contribution in [0.15, 0.2) is 48.5 Å². The van der Waals surface area contributed by atoms with Crippen molar-refractivity contribution in [3.05, 3.63) is 59.7 Å². The number of benzene rings is 2. The number of nitriles is 1. The van der Waals surface area contributed by atoms with E-state index in [4.69, 9.17) is 5.73 Å². The molecule has 1 saturated heterocycles. The van der Waals surface area contributed by atoms with Gasteiger partial charge in [0.1, 0.15) is 6.04 Å². The van der Waals surface area contributed by atoms with Crippen LogP contribution in [0.25, 0.3) is 20.5 Å². The van der Waals surface area contributed by atoms with Gasteiger partial charge < -0.3 is 16.0 Å². The van der Waals surface area contributed by atoms with Gasteiger partial charge in [0.25, 0.3) is 0 Å². The van der Waals surface area contributed by atoms with E-state index in [-0.39, 0.29) is 5.91 Å². The van der Waals surface area contributed by atoms with Crippen LogP contribution in [0.3, 0.4) is 0 Å². The third kappa shape index (κ3) is 6.36. The lowest BCUT2D eigenvalue weighted by Gasteiger charge is -2.42. The fourth-order valence-electron chi connectivity index (χ4n) is 7.15. The normalized spacial score (nSPS) is 21.6. The molecule has 1 spiro atoms. The van der Waals surface area contributed by atoms with E-state index in [2.05, 4.69) is 76.8 Å². The summed E-state index contributed by atoms with van der Waals surface area (Å²) in [6.45, 7) is 5.53. The van der Waals surface area contributed by atoms with Crippen molar-refractivity contribution in [2.75, 3.05) is 33.2 Å². The highest BCUT2D eigenvalue weighted by Crippen LogP contribution is 2.50. The number of nitrogens with one attached hydrogen (secondary N) is 1. The van der Waals surface area contributed by atoms with Crippen molar-refractivity contribution in [1.82, 2.24) is 15.1 Å². The molecule has 1 atom stereocenters. The Bertz CT molecular complexity index is 1400. The van der Waals surface area contributed by atoms with Crippen molar-refractivity contribution in [3.63, 3.8) is 0 Å². The molecule has 216 valence electrons. The number of nitrogens with two attached hydrogens (primary N) is 1. The second kappa shape index (κ2) is 11.9. The van der Waals surface area contributed by atoms with Crippen LogP contribution < -0.4 is 11.1 Å². The molecular weight excluding hydrogens is 526 g/mol. The van der Waals surface area contributed by atoms with Crippen molar-refractivity contribution < 1.29 is 4.79 Å². The van der Waals surface area contributed by atoms with Gasteiger partial charge in [-0.05, 0) is 85.2 Å². The number of hydrogen-bond donors (Lipinski definition) is 2. The Balaban J connectivity index is 1.07. The molecule has 2 aliphatic carbocycles. The Labute approximate surface area is 248 Å². The topological polar surface area (TPSA) is 85.4 Å². The van der Waals surface area contributed by atoms with Gasteiger partial charge in [-0.25, -0.2) is 0 Å². The molecule has 3 fully saturated rings. The minimum Gasteiger partial charge on any atom is -0.338 e. The molecule has 7 heteroatoms. The maximum Gasteiger partial charge on any atom is 0.241 e. The zero-order chi connectivity index (χ0) is 28.5. The molecule has 3 aliphatic rings. The monoisotopic (exact) mass is 569 g/mol. The van der Waals surface area contributed by atoms with E-state index in [1.807, 2.05) is 0 Å². The summed E-state index contributed by atoms with van der Waals surface area (Å²) >= 11 is 1.79. The van der Waals surface area contributed by atoms with Gasteiger partial charge in [0.2, 0.25) is 5.91 Å². The van der Waals surface area contributed by atoms with Gasteiger partial charge in [-0.3, -0.25) is 9.69 Å². The average molecular weight is 570 g/mol. The number of nitrogens with zero attached hydrogens (tertiary/aromatic N) is 3. The highest BCUT2D eigenvalue weighted by atomic mass is 32.1. The van der Waals surface area contributed by atoms with Gasteiger partial charge >= 0.3 is 0 Å². The third-order valence-corrected chi connectivity index (χ3v) is 11.2. The van der Waals surface area contributed by atoms with Gasteiger partial charge in [-0.15, -0.1) is 11.3 Å². The van der Waals surface area contributed by atoms with Crippen molar-refractivity contribution in [2.45, 2.75) is 75.9 Å². The molecule has 3 N–H and O–H groups in total. The number of carbonyl (C=O) groups is 1. The van der Waals surface area contributed by atoms with Crippen LogP contribution in [-0.2, 0) is 17.8 Å². The van der Waals surface area contributed by atoms with E-state index in [0.29, 0.717) is 11.8 Å². The second-order valence-corrected chi connectivity index (χ2v) is 14.1. The zero-order valence-corrected chi connectivity index (χ0v) is 25.1. The standard InChI is InChI=1S/C34H43N5OS/c1-38-16-18-39(19-17-38)24-25-4-7-27(8-5-25)31-22-28-20-26(6-9-30(28)41-31)21-29(23-35)37-32(40)34(36)14-12-33(13-15-34)10-2-3-11-33/h4-9,20,22,29H,2-3,10-19,21,24,36H2,1H3,(H,37,40). The first-order chi connectivity index (χ1) is 19.8. The van der Waals surface area contributed by atoms with Crippen molar-refractivity contribution >= 4 is 27.3 Å². The molecule has 1 amide bonds. The van der Waals surface area contributed by atoms with Crippen LogP contribution in [0.5, 0.6) is 0 Å². The summed E-state index contributed by atoms with van der Waals surface area (Å²) in [5.41, 5.74) is 9.83. The van der Waals surface area contributed by atoms with Crippen LogP contribution in [0.1, 0.15) is 62.5 Å². The second-order valence-electron chi connectivity index (χ2n) is 13.0. The lowest BCUT2D eigenvalue weighted by molar-refractivity contribution is -0.128. The van der Waals surface area contributed by atoms with Crippen LogP contribution in [0.2, 0.25) is 0 Å². The van der Waals surface area contributed by atoms with Gasteiger partial charge in [-0.1, -0.05) is 49.2 Å². The number of hydrogen-bond acceptors (Lipinski definition) is 6. The molecule has 2 heterocycles. The SMILES string of the molecule is CN1CCN(Cc2ccc(-c3cc4cc(CC(C#N)NC(=O)C5(N)CCC6(CCCC6)CC5)ccc4s3)cc2)CC1. The first kappa shape index (κ1) is 28.4. The Hall–Kier alpha value is -2.76. The molecule has 2 saturated carbocycles. The van der Waals surface area contributed by atoms with E-state index in [0.717, 1.165) is 64.0 Å². The van der Waals surface area contributed by atoms with Crippen LogP contribution in [0.4, 0.5) is 0 Å². The number of fused-ring (bicyclic) bond motifs is 1. The van der Waals surface area contributed by atoms with Crippen LogP contribution in [0, 0.1) is 16.7 Å². The van der Waals surface area contributed by atoms with Crippen molar-refractivity contribution in [3.8, 4) is 16.5 Å². The summed E-state index contributed by atoms with van der Waals surface area (Å²) in [5, 5.41) is 14.1. The van der Waals surface area contributed by atoms with E-state index >= 15 is 0 Å². The maximum absolute atomic E-state index is 13.2. The molecule has 1 aliphatic heterocycles. The van der Waals surface area contributed by atoms with Crippen LogP contribution >= 0.6 is 11.3 Å². The summed E-state index contributed by atoms with van der Waals surface area (Å²) in [6.07, 6.45) is 9.15. The molecule has 1 aromatic heterocycles. The summed E-state index contributed by atoms with van der Waals surface area (Å²) < 4.78 is 1.23. The fourth-order valence-corrected chi connectivity index (χ4v) is 8.19. The predicted octanol–water partition coefficient (Wildman–Crippen LogP) is 5.70. The molecular formula is C34H43N5OS. The van der Waals surface area contributed by atoms with Crippen molar-refractivity contribution in [1.29, 1.82) is 5.26 Å². The number of rotatable bonds is 7. The quantitative estimate of drug-likeness (QED) is 0.381. The number of thiophene rings is 1. The Morgan fingerprint density at radius 3 is 2.34 bits per heavy atom. The number of carbonyl (C=O) groups excluding carboxylic acids is 1. The van der Waals surface area contributed by atoms with Crippen LogP contribution in [-0.4, -0.2) is 60.5 Å². The average Bonchev–Trinajstić information content (AvgIpc) is 3.63. The van der Waals surface area contributed by atoms with E-state index in [9.17, 15) is 10.1 Å². The number of piperazine rings is 1. The lowest BCUT2D eigenvalue weighted by Crippen LogP contribution is -2.58. The molecule has 3 aromatic rings. The highest BCUT2D eigenvalue weighted by Gasteiger charge is 2.45. The summed E-state index contributed by atoms with van der Waals surface area (Å²) in [6, 6.07) is 19.3. The summed E-state index contributed by atoms with van der Waals surface area (Å²) in [7, 11) is 2.19. The predicted molar refractivity (Wildman–Crippen MR) is 168 cm³/mol. The largest absolute Gasteiger partial charge is 0.338 e. The first-order valence-electron chi connectivity index (χ1n) is 15.4. The van der Waals surface area contributed by atoms with Gasteiger partial charge in [0.05, 0.1) is 11.6 Å². The molecule has 2 aromatic carbocycles. The number of amides is 1. The Kier molecular flexibility index (Phi) is 8.20. The molecule has 41 heavy (non-hydrogen) atoms. The molecule has 1 unspecified atom stereocenters. The van der Waals surface area contributed by atoms with Gasteiger partial charge in [0.15, 0.2) is 0 Å². The summed E-state index contributed by atoms with van der Waals surface area (Å²) in [4.78, 5) is 19.4. The smallest absolute Gasteiger partial charge is 0.241 e. The molecule has 0 bridgehead atoms. The minimum absolute atomic E-state index is 0.160. The Morgan fingerprint density at radius 2 is 1.66 bits per heavy atom. The number of likely N-dealkylation sites (N-methyl/N-ethyl adjacent to an activating group) is 1. The zero-order valence-electron chi connectivity index (χ0n) is 24.3. The minimum atomic E-state index is -0.852. The molecule has 6 rings (SSSR count). The van der Waals surface area contributed by atoms with Gasteiger partial charge in [-0.2, -0.15) is 5.26 Å². The van der Waals surface area contributed by atoms with Crippen molar-refractivity contribution in [2.24, 2.45) is 11.1 Å². The lowest BCUT2D eigenvalue weighted by atomic mass is 9.66. The maximum atomic E-state index is 13.2. The van der Waals surface area contributed by atoms with E-state index in [1.54, 1.807) is 11.3 Å². The fraction of sp³-hybridized carbons (Fsp3) is 0.529. The molecule has 6 nitrogen and oxygen atoms in total. The van der Waals surface area contributed by atoms with Gasteiger partial charge in [0, 0.05) is 48.7 Å². The van der Waals surface area contributed by atoms with E-state index < -0.39 is 11.6 Å². The first-order valence-corrected chi connectivity index (χ1v) is 16.2. The van der Waals surface area contributed by atoms with E-state index in [1.165, 1.54) is 51.8 Å².